The Morgan fingerprint density at radius 1 is 0.974 bits per heavy atom. The highest BCUT2D eigenvalue weighted by Gasteiger charge is 2.34. The molecule has 0 saturated carbocycles. The summed E-state index contributed by atoms with van der Waals surface area (Å²) >= 11 is 0. The van der Waals surface area contributed by atoms with Gasteiger partial charge < -0.3 is 9.47 Å². The molecule has 0 N–H and O–H groups in total. The molecule has 0 aromatic heterocycles. The van der Waals surface area contributed by atoms with E-state index >= 15 is 0 Å². The molecule has 7 nitrogen and oxygen atoms in total. The van der Waals surface area contributed by atoms with E-state index in [4.69, 9.17) is 14.7 Å². The van der Waals surface area contributed by atoms with Gasteiger partial charge in [0.25, 0.3) is 0 Å². The van der Waals surface area contributed by atoms with E-state index in [1.165, 1.54) is 10.4 Å². The second kappa shape index (κ2) is 12.2. The highest BCUT2D eigenvalue weighted by atomic mass is 32.2. The average molecular weight is 560 g/mol. The highest BCUT2D eigenvalue weighted by Crippen LogP contribution is 2.31. The lowest BCUT2D eigenvalue weighted by atomic mass is 10.1. The fraction of sp³-hybridized carbons (Fsp3) is 0.321. The Kier molecular flexibility index (Phi) is 8.92. The van der Waals surface area contributed by atoms with Gasteiger partial charge in [0.2, 0.25) is 10.0 Å². The van der Waals surface area contributed by atoms with Gasteiger partial charge in [-0.25, -0.2) is 8.42 Å². The molecule has 1 saturated heterocycles. The Labute approximate surface area is 226 Å². The van der Waals surface area contributed by atoms with Crippen LogP contribution in [-0.4, -0.2) is 57.5 Å². The summed E-state index contributed by atoms with van der Waals surface area (Å²) in [5.74, 6) is 0.677. The molecule has 0 spiro atoms. The normalized spacial score (nSPS) is 16.0. The largest absolute Gasteiger partial charge is 0.497 e. The van der Waals surface area contributed by atoms with Gasteiger partial charge >= 0.3 is 6.18 Å². The summed E-state index contributed by atoms with van der Waals surface area (Å²) in [5, 5.41) is 9.02. The van der Waals surface area contributed by atoms with Gasteiger partial charge in [0, 0.05) is 32.7 Å². The lowest BCUT2D eigenvalue weighted by Crippen LogP contribution is -2.49. The van der Waals surface area contributed by atoms with Gasteiger partial charge in [-0.3, -0.25) is 4.90 Å². The topological polar surface area (TPSA) is 82.9 Å². The van der Waals surface area contributed by atoms with Gasteiger partial charge in [-0.1, -0.05) is 30.3 Å². The number of methoxy groups -OCH3 is 1. The van der Waals surface area contributed by atoms with Gasteiger partial charge in [-0.15, -0.1) is 0 Å². The predicted octanol–water partition coefficient (Wildman–Crippen LogP) is 4.85. The van der Waals surface area contributed by atoms with Crippen LogP contribution in [0.25, 0.3) is 0 Å². The Bertz CT molecular complexity index is 1410. The van der Waals surface area contributed by atoms with Gasteiger partial charge in [0.05, 0.1) is 41.9 Å². The first-order valence-corrected chi connectivity index (χ1v) is 13.7. The van der Waals surface area contributed by atoms with Crippen LogP contribution in [0.5, 0.6) is 5.75 Å². The monoisotopic (exact) mass is 559 g/mol. The standard InChI is InChI=1S/C28H28F3N3O4S/c1-37-25-6-2-4-23(16-25)27(38-20-22-10-8-21(18-32)9-11-22)19-33-12-14-34(15-13-33)39(35,36)26-7-3-5-24(17-26)28(29,30)31/h2-11,16-17,27H,12-15,19-20H2,1H3. The van der Waals surface area contributed by atoms with E-state index in [1.54, 1.807) is 19.2 Å². The minimum atomic E-state index is -4.63. The molecule has 0 amide bonds. The van der Waals surface area contributed by atoms with Crippen LogP contribution < -0.4 is 4.74 Å². The molecular weight excluding hydrogens is 531 g/mol. The average Bonchev–Trinajstić information content (AvgIpc) is 2.95. The highest BCUT2D eigenvalue weighted by molar-refractivity contribution is 7.89. The maximum Gasteiger partial charge on any atom is 0.416 e. The number of sulfonamides is 1. The Morgan fingerprint density at radius 2 is 1.67 bits per heavy atom. The molecule has 1 aliphatic rings. The van der Waals surface area contributed by atoms with Crippen molar-refractivity contribution < 1.29 is 31.1 Å². The van der Waals surface area contributed by atoms with Crippen molar-refractivity contribution in [1.82, 2.24) is 9.21 Å². The van der Waals surface area contributed by atoms with E-state index in [2.05, 4.69) is 11.0 Å². The summed E-state index contributed by atoms with van der Waals surface area (Å²) < 4.78 is 78.4. The lowest BCUT2D eigenvalue weighted by Gasteiger charge is -2.36. The quantitative estimate of drug-likeness (QED) is 0.373. The van der Waals surface area contributed by atoms with Gasteiger partial charge in [0.15, 0.2) is 0 Å². The van der Waals surface area contributed by atoms with Crippen molar-refractivity contribution in [3.8, 4) is 11.8 Å². The minimum Gasteiger partial charge on any atom is -0.497 e. The molecule has 206 valence electrons. The van der Waals surface area contributed by atoms with Crippen LogP contribution in [0.1, 0.15) is 28.4 Å². The molecular formula is C28H28F3N3O4S. The molecule has 3 aromatic rings. The number of hydrogen-bond donors (Lipinski definition) is 0. The fourth-order valence-electron chi connectivity index (χ4n) is 4.34. The predicted molar refractivity (Wildman–Crippen MR) is 138 cm³/mol. The molecule has 39 heavy (non-hydrogen) atoms. The molecule has 0 aliphatic carbocycles. The molecule has 1 heterocycles. The van der Waals surface area contributed by atoms with Crippen LogP contribution in [0.2, 0.25) is 0 Å². The minimum absolute atomic E-state index is 0.138. The molecule has 11 heteroatoms. The third kappa shape index (κ3) is 7.16. The van der Waals surface area contributed by atoms with Crippen molar-refractivity contribution in [1.29, 1.82) is 5.26 Å². The SMILES string of the molecule is COc1cccc(C(CN2CCN(S(=O)(=O)c3cccc(C(F)(F)F)c3)CC2)OCc2ccc(C#N)cc2)c1. The molecule has 3 aromatic carbocycles. The van der Waals surface area contributed by atoms with E-state index < -0.39 is 21.8 Å². The van der Waals surface area contributed by atoms with Crippen LogP contribution in [0.4, 0.5) is 13.2 Å². The maximum atomic E-state index is 13.1. The summed E-state index contributed by atoms with van der Waals surface area (Å²) in [4.78, 5) is 1.70. The number of rotatable bonds is 9. The summed E-state index contributed by atoms with van der Waals surface area (Å²) in [6.45, 7) is 1.83. The van der Waals surface area contributed by atoms with Crippen molar-refractivity contribution in [2.45, 2.75) is 23.8 Å². The third-order valence-corrected chi connectivity index (χ3v) is 8.45. The summed E-state index contributed by atoms with van der Waals surface area (Å²) in [5.41, 5.74) is 1.35. The first kappa shape index (κ1) is 28.6. The zero-order valence-electron chi connectivity index (χ0n) is 21.3. The number of hydrogen-bond acceptors (Lipinski definition) is 6. The molecule has 0 radical (unpaired) electrons. The molecule has 1 fully saturated rings. The van der Waals surface area contributed by atoms with Crippen LogP contribution >= 0.6 is 0 Å². The van der Waals surface area contributed by atoms with E-state index in [-0.39, 0.29) is 24.1 Å². The second-order valence-corrected chi connectivity index (χ2v) is 11.1. The number of alkyl halides is 3. The number of piperazine rings is 1. The van der Waals surface area contributed by atoms with E-state index in [0.29, 0.717) is 43.6 Å². The van der Waals surface area contributed by atoms with E-state index in [1.807, 2.05) is 36.4 Å². The zero-order chi connectivity index (χ0) is 28.0. The van der Waals surface area contributed by atoms with Crippen molar-refractivity contribution in [2.75, 3.05) is 39.8 Å². The van der Waals surface area contributed by atoms with Crippen LogP contribution in [-0.2, 0) is 27.5 Å². The second-order valence-electron chi connectivity index (χ2n) is 9.12. The number of benzene rings is 3. The summed E-state index contributed by atoms with van der Waals surface area (Å²) in [7, 11) is -2.49. The smallest absolute Gasteiger partial charge is 0.416 e. The number of nitrogens with zero attached hydrogens (tertiary/aromatic N) is 3. The molecule has 1 aliphatic heterocycles. The Balaban J connectivity index is 1.44. The molecule has 1 atom stereocenters. The van der Waals surface area contributed by atoms with Crippen LogP contribution in [0.15, 0.2) is 77.7 Å². The summed E-state index contributed by atoms with van der Waals surface area (Å²) in [6, 6.07) is 20.5. The first-order chi connectivity index (χ1) is 18.6. The van der Waals surface area contributed by atoms with Gasteiger partial charge in [0.1, 0.15) is 5.75 Å². The van der Waals surface area contributed by atoms with Crippen molar-refractivity contribution >= 4 is 10.0 Å². The fourth-order valence-corrected chi connectivity index (χ4v) is 5.81. The number of ether oxygens (including phenoxy) is 2. The molecule has 1 unspecified atom stereocenters. The van der Waals surface area contributed by atoms with Crippen molar-refractivity contribution in [2.24, 2.45) is 0 Å². The van der Waals surface area contributed by atoms with Gasteiger partial charge in [-0.2, -0.15) is 22.7 Å². The molecule has 0 bridgehead atoms. The number of nitriles is 1. The molecule has 4 rings (SSSR count). The first-order valence-electron chi connectivity index (χ1n) is 12.2. The Hall–Kier alpha value is -3.43. The van der Waals surface area contributed by atoms with E-state index in [0.717, 1.165) is 23.3 Å². The van der Waals surface area contributed by atoms with Crippen LogP contribution in [0, 0.1) is 11.3 Å². The number of halogens is 3. The maximum absolute atomic E-state index is 13.1. The van der Waals surface area contributed by atoms with Gasteiger partial charge in [-0.05, 0) is 53.6 Å². The zero-order valence-corrected chi connectivity index (χ0v) is 22.1. The third-order valence-electron chi connectivity index (χ3n) is 6.55. The van der Waals surface area contributed by atoms with Crippen molar-refractivity contribution in [3.05, 3.63) is 95.1 Å². The Morgan fingerprint density at radius 3 is 2.31 bits per heavy atom. The lowest BCUT2D eigenvalue weighted by molar-refractivity contribution is -0.137. The summed E-state index contributed by atoms with van der Waals surface area (Å²) in [6.07, 6.45) is -4.99. The van der Waals surface area contributed by atoms with Crippen LogP contribution in [0.3, 0.4) is 0 Å². The van der Waals surface area contributed by atoms with Crippen molar-refractivity contribution in [3.63, 3.8) is 0 Å². The van der Waals surface area contributed by atoms with E-state index in [9.17, 15) is 21.6 Å².